The molecule has 0 unspecified atom stereocenters. The summed E-state index contributed by atoms with van der Waals surface area (Å²) in [5.74, 6) is 0. The van der Waals surface area contributed by atoms with E-state index in [-0.39, 0.29) is 0 Å². The number of imidazole rings is 1. The third-order valence-corrected chi connectivity index (χ3v) is 1.85. The average Bonchev–Trinajstić information content (AvgIpc) is 2.69. The Labute approximate surface area is 83.0 Å². The summed E-state index contributed by atoms with van der Waals surface area (Å²) in [7, 11) is 0. The van der Waals surface area contributed by atoms with Crippen LogP contribution >= 0.6 is 0 Å². The number of H-pyrrole nitrogens is 1. The third-order valence-electron chi connectivity index (χ3n) is 1.85. The molecule has 0 aliphatic rings. The lowest BCUT2D eigenvalue weighted by atomic mass is 10.2. The second-order valence-electron chi connectivity index (χ2n) is 2.88. The molecule has 0 bridgehead atoms. The van der Waals surface area contributed by atoms with Crippen LogP contribution in [-0.2, 0) is 6.18 Å². The monoisotopic (exact) mass is 213 g/mol. The first-order chi connectivity index (χ1) is 7.07. The summed E-state index contributed by atoms with van der Waals surface area (Å²) in [5, 5.41) is 0. The van der Waals surface area contributed by atoms with Gasteiger partial charge < -0.3 is 4.98 Å². The predicted molar refractivity (Wildman–Crippen MR) is 46.8 cm³/mol. The lowest BCUT2D eigenvalue weighted by molar-refractivity contribution is -0.137. The van der Waals surface area contributed by atoms with Gasteiger partial charge in [-0.1, -0.05) is 0 Å². The van der Waals surface area contributed by atoms with Crippen molar-refractivity contribution in [1.82, 2.24) is 15.0 Å². The van der Waals surface area contributed by atoms with Gasteiger partial charge in [0.25, 0.3) is 0 Å². The van der Waals surface area contributed by atoms with Gasteiger partial charge in [0, 0.05) is 12.4 Å². The fourth-order valence-corrected chi connectivity index (χ4v) is 1.11. The van der Waals surface area contributed by atoms with Crippen LogP contribution in [0.2, 0.25) is 0 Å². The maximum Gasteiger partial charge on any atom is 0.417 e. The summed E-state index contributed by atoms with van der Waals surface area (Å²) in [6.45, 7) is 0. The van der Waals surface area contributed by atoms with E-state index in [2.05, 4.69) is 15.0 Å². The summed E-state index contributed by atoms with van der Waals surface area (Å²) in [4.78, 5) is 10.3. The highest BCUT2D eigenvalue weighted by atomic mass is 19.4. The normalized spacial score (nSPS) is 11.7. The molecule has 0 radical (unpaired) electrons. The maximum atomic E-state index is 12.2. The van der Waals surface area contributed by atoms with E-state index < -0.39 is 11.7 Å². The van der Waals surface area contributed by atoms with Gasteiger partial charge in [-0.15, -0.1) is 0 Å². The Morgan fingerprint density at radius 2 is 1.87 bits per heavy atom. The summed E-state index contributed by atoms with van der Waals surface area (Å²) in [6.07, 6.45) is -0.550. The molecule has 1 N–H and O–H groups in total. The quantitative estimate of drug-likeness (QED) is 0.790. The van der Waals surface area contributed by atoms with Crippen LogP contribution in [-0.4, -0.2) is 15.0 Å². The van der Waals surface area contributed by atoms with Crippen LogP contribution in [0, 0.1) is 0 Å². The Morgan fingerprint density at radius 1 is 1.07 bits per heavy atom. The smallest absolute Gasteiger partial charge is 0.351 e. The highest BCUT2D eigenvalue weighted by Crippen LogP contribution is 2.29. The topological polar surface area (TPSA) is 41.6 Å². The Morgan fingerprint density at radius 3 is 2.33 bits per heavy atom. The molecule has 0 aromatic carbocycles. The lowest BCUT2D eigenvalue weighted by Crippen LogP contribution is -2.05. The van der Waals surface area contributed by atoms with Gasteiger partial charge in [0.05, 0.1) is 17.6 Å². The van der Waals surface area contributed by atoms with Gasteiger partial charge in [-0.2, -0.15) is 13.2 Å². The van der Waals surface area contributed by atoms with E-state index in [0.29, 0.717) is 11.4 Å². The second-order valence-corrected chi connectivity index (χ2v) is 2.88. The lowest BCUT2D eigenvalue weighted by Gasteiger charge is -2.05. The molecule has 15 heavy (non-hydrogen) atoms. The van der Waals surface area contributed by atoms with E-state index in [1.165, 1.54) is 12.4 Å². The fraction of sp³-hybridized carbons (Fsp3) is 0.111. The van der Waals surface area contributed by atoms with Crippen molar-refractivity contribution in [2.24, 2.45) is 0 Å². The van der Waals surface area contributed by atoms with Gasteiger partial charge in [0.15, 0.2) is 0 Å². The second kappa shape index (κ2) is 3.38. The number of aromatic nitrogens is 3. The molecule has 0 amide bonds. The number of aromatic amines is 1. The van der Waals surface area contributed by atoms with Crippen molar-refractivity contribution < 1.29 is 13.2 Å². The minimum atomic E-state index is -4.35. The number of hydrogen-bond donors (Lipinski definition) is 1. The minimum Gasteiger partial charge on any atom is -0.351 e. The molecule has 2 aromatic heterocycles. The van der Waals surface area contributed by atoms with E-state index in [9.17, 15) is 13.2 Å². The van der Waals surface area contributed by atoms with Crippen molar-refractivity contribution in [3.8, 4) is 11.4 Å². The van der Waals surface area contributed by atoms with Gasteiger partial charge in [-0.3, -0.25) is 4.98 Å². The molecule has 2 heterocycles. The van der Waals surface area contributed by atoms with Crippen LogP contribution in [0.5, 0.6) is 0 Å². The molecule has 3 nitrogen and oxygen atoms in total. The Bertz CT molecular complexity index is 431. The average molecular weight is 213 g/mol. The van der Waals surface area contributed by atoms with E-state index in [1.54, 1.807) is 6.20 Å². The van der Waals surface area contributed by atoms with Crippen LogP contribution in [0.1, 0.15) is 5.56 Å². The van der Waals surface area contributed by atoms with Crippen LogP contribution < -0.4 is 0 Å². The van der Waals surface area contributed by atoms with E-state index in [0.717, 1.165) is 12.3 Å². The van der Waals surface area contributed by atoms with Crippen LogP contribution in [0.4, 0.5) is 13.2 Å². The predicted octanol–water partition coefficient (Wildman–Crippen LogP) is 2.49. The number of halogens is 3. The number of nitrogens with one attached hydrogen (secondary N) is 1. The molecule has 78 valence electrons. The van der Waals surface area contributed by atoms with Crippen LogP contribution in [0.15, 0.2) is 30.9 Å². The first-order valence-electron chi connectivity index (χ1n) is 4.10. The Kier molecular flexibility index (Phi) is 2.18. The molecule has 0 atom stereocenters. The number of nitrogens with zero attached hydrogens (tertiary/aromatic N) is 2. The molecule has 0 saturated heterocycles. The largest absolute Gasteiger partial charge is 0.417 e. The molecule has 0 spiro atoms. The van der Waals surface area contributed by atoms with Crippen LogP contribution in [0.25, 0.3) is 11.4 Å². The highest BCUT2D eigenvalue weighted by Gasteiger charge is 2.30. The number of pyridine rings is 1. The van der Waals surface area contributed by atoms with Crippen molar-refractivity contribution in [3.63, 3.8) is 0 Å². The number of rotatable bonds is 1. The zero-order valence-corrected chi connectivity index (χ0v) is 7.42. The van der Waals surface area contributed by atoms with Gasteiger partial charge in [0.1, 0.15) is 5.69 Å². The summed E-state index contributed by atoms with van der Waals surface area (Å²) >= 11 is 0. The van der Waals surface area contributed by atoms with Crippen molar-refractivity contribution in [1.29, 1.82) is 0 Å². The molecule has 2 aromatic rings. The zero-order valence-electron chi connectivity index (χ0n) is 7.42. The summed E-state index contributed by atoms with van der Waals surface area (Å²) in [5.41, 5.74) is 0.162. The number of hydrogen-bond acceptors (Lipinski definition) is 2. The first-order valence-corrected chi connectivity index (χ1v) is 4.10. The van der Waals surface area contributed by atoms with E-state index >= 15 is 0 Å². The van der Waals surface area contributed by atoms with Gasteiger partial charge in [0.2, 0.25) is 0 Å². The Balaban J connectivity index is 2.33. The van der Waals surface area contributed by atoms with Gasteiger partial charge >= 0.3 is 6.18 Å². The summed E-state index contributed by atoms with van der Waals surface area (Å²) < 4.78 is 36.6. The van der Waals surface area contributed by atoms with Crippen molar-refractivity contribution in [2.75, 3.05) is 0 Å². The molecule has 6 heteroatoms. The number of alkyl halides is 3. The fourth-order valence-electron chi connectivity index (χ4n) is 1.11. The van der Waals surface area contributed by atoms with E-state index in [1.807, 2.05) is 0 Å². The molecular weight excluding hydrogens is 207 g/mol. The molecule has 0 fully saturated rings. The standard InChI is InChI=1S/C9H6F3N3/c10-9(11,12)6-1-2-7(14-3-6)8-4-13-5-15-8/h1-5H,(H,13,15). The van der Waals surface area contributed by atoms with Crippen molar-refractivity contribution >= 4 is 0 Å². The first kappa shape index (κ1) is 9.70. The molecule has 2 rings (SSSR count). The highest BCUT2D eigenvalue weighted by molar-refractivity contribution is 5.52. The summed E-state index contributed by atoms with van der Waals surface area (Å²) in [6, 6.07) is 2.27. The molecule has 0 saturated carbocycles. The molecular formula is C9H6F3N3. The van der Waals surface area contributed by atoms with E-state index in [4.69, 9.17) is 0 Å². The van der Waals surface area contributed by atoms with Crippen molar-refractivity contribution in [2.45, 2.75) is 6.18 Å². The molecule has 0 aliphatic heterocycles. The molecule has 0 aliphatic carbocycles. The minimum absolute atomic E-state index is 0.407. The Hall–Kier alpha value is -1.85. The van der Waals surface area contributed by atoms with Crippen molar-refractivity contribution in [3.05, 3.63) is 36.4 Å². The van der Waals surface area contributed by atoms with Crippen LogP contribution in [0.3, 0.4) is 0 Å². The maximum absolute atomic E-state index is 12.2. The van der Waals surface area contributed by atoms with Gasteiger partial charge in [-0.05, 0) is 12.1 Å². The zero-order chi connectivity index (χ0) is 10.9. The third kappa shape index (κ3) is 1.98. The SMILES string of the molecule is FC(F)(F)c1ccc(-c2c[nH]cn2)nc1. The van der Waals surface area contributed by atoms with Gasteiger partial charge in [-0.25, -0.2) is 4.98 Å².